The van der Waals surface area contributed by atoms with E-state index in [1.807, 2.05) is 6.92 Å². The quantitative estimate of drug-likeness (QED) is 0.767. The summed E-state index contributed by atoms with van der Waals surface area (Å²) in [4.78, 5) is 15.9. The average molecular weight is 236 g/mol. The first-order chi connectivity index (χ1) is 8.19. The molecule has 2 aromatic heterocycles. The van der Waals surface area contributed by atoms with E-state index in [0.717, 1.165) is 0 Å². The number of esters is 1. The summed E-state index contributed by atoms with van der Waals surface area (Å²) in [6.07, 6.45) is 2.16. The monoisotopic (exact) mass is 236 g/mol. The Hall–Kier alpha value is -1.91. The predicted molar refractivity (Wildman–Crippen MR) is 60.5 cm³/mol. The molecular weight excluding hydrogens is 223 g/mol. The van der Waals surface area contributed by atoms with Gasteiger partial charge in [0.05, 0.1) is 12.3 Å². The van der Waals surface area contributed by atoms with Gasteiger partial charge in [0, 0.05) is 6.20 Å². The molecule has 0 aromatic carbocycles. The Kier molecular flexibility index (Phi) is 3.08. The molecule has 0 unspecified atom stereocenters. The Morgan fingerprint density at radius 2 is 2.29 bits per heavy atom. The van der Waals surface area contributed by atoms with E-state index in [4.69, 9.17) is 4.74 Å². The number of rotatable bonds is 3. The van der Waals surface area contributed by atoms with Gasteiger partial charge in [-0.3, -0.25) is 4.40 Å². The smallest absolute Gasteiger partial charge is 0.357 e. The van der Waals surface area contributed by atoms with E-state index in [-0.39, 0.29) is 12.3 Å². The van der Waals surface area contributed by atoms with Crippen molar-refractivity contribution in [2.24, 2.45) is 0 Å². The molecule has 0 spiro atoms. The van der Waals surface area contributed by atoms with Crippen molar-refractivity contribution in [2.75, 3.05) is 6.61 Å². The van der Waals surface area contributed by atoms with E-state index in [0.29, 0.717) is 17.8 Å². The van der Waals surface area contributed by atoms with Crippen LogP contribution in [0.15, 0.2) is 18.3 Å². The molecule has 17 heavy (non-hydrogen) atoms. The van der Waals surface area contributed by atoms with E-state index < -0.39 is 11.8 Å². The average Bonchev–Trinajstić information content (AvgIpc) is 2.69. The highest BCUT2D eigenvalue weighted by Crippen LogP contribution is 2.17. The van der Waals surface area contributed by atoms with Gasteiger partial charge >= 0.3 is 5.97 Å². The summed E-state index contributed by atoms with van der Waals surface area (Å²) in [7, 11) is 0. The van der Waals surface area contributed by atoms with Crippen LogP contribution in [0.3, 0.4) is 0 Å². The number of pyridine rings is 1. The lowest BCUT2D eigenvalue weighted by molar-refractivity contribution is 0.0517. The van der Waals surface area contributed by atoms with Crippen molar-refractivity contribution in [1.82, 2.24) is 9.38 Å². The maximum Gasteiger partial charge on any atom is 0.357 e. The fraction of sp³-hybridized carbons (Fsp3) is 0.333. The summed E-state index contributed by atoms with van der Waals surface area (Å²) < 4.78 is 19.9. The maximum atomic E-state index is 13.5. The van der Waals surface area contributed by atoms with Gasteiger partial charge in [0.1, 0.15) is 0 Å². The zero-order chi connectivity index (χ0) is 12.4. The third-order valence-electron chi connectivity index (χ3n) is 2.48. The molecule has 0 amide bonds. The van der Waals surface area contributed by atoms with Crippen LogP contribution in [-0.2, 0) is 11.2 Å². The fourth-order valence-corrected chi connectivity index (χ4v) is 1.74. The number of carbonyl (C=O) groups excluding carboxylic acids is 1. The molecule has 4 nitrogen and oxygen atoms in total. The van der Waals surface area contributed by atoms with E-state index in [1.54, 1.807) is 13.1 Å². The molecule has 0 bridgehead atoms. The minimum atomic E-state index is -0.470. The van der Waals surface area contributed by atoms with Crippen LogP contribution in [0.1, 0.15) is 30.0 Å². The van der Waals surface area contributed by atoms with E-state index in [9.17, 15) is 9.18 Å². The van der Waals surface area contributed by atoms with Crippen LogP contribution in [0, 0.1) is 5.82 Å². The van der Waals surface area contributed by atoms with Gasteiger partial charge in [-0.05, 0) is 25.5 Å². The number of hydrogen-bond donors (Lipinski definition) is 0. The van der Waals surface area contributed by atoms with Crippen LogP contribution in [0.4, 0.5) is 4.39 Å². The van der Waals surface area contributed by atoms with Crippen molar-refractivity contribution >= 4 is 11.6 Å². The standard InChI is InChI=1S/C12H13FN2O2/c1-3-9-10(12(16)17-4-2)15-7-5-6-8(13)11(15)14-9/h5-7H,3-4H2,1-2H3. The molecule has 0 atom stereocenters. The van der Waals surface area contributed by atoms with Gasteiger partial charge in [-0.2, -0.15) is 0 Å². The Labute approximate surface area is 98.0 Å². The summed E-state index contributed by atoms with van der Waals surface area (Å²) in [5.74, 6) is -0.916. The van der Waals surface area contributed by atoms with E-state index in [2.05, 4.69) is 4.98 Å². The molecule has 0 saturated heterocycles. The Morgan fingerprint density at radius 1 is 1.53 bits per heavy atom. The normalized spacial score (nSPS) is 10.8. The zero-order valence-corrected chi connectivity index (χ0v) is 9.74. The third-order valence-corrected chi connectivity index (χ3v) is 2.48. The highest BCUT2D eigenvalue weighted by Gasteiger charge is 2.20. The van der Waals surface area contributed by atoms with Crippen LogP contribution in [-0.4, -0.2) is 22.0 Å². The second-order valence-corrected chi connectivity index (χ2v) is 3.53. The largest absolute Gasteiger partial charge is 0.461 e. The summed E-state index contributed by atoms with van der Waals surface area (Å²) in [6.45, 7) is 3.88. The molecule has 0 N–H and O–H groups in total. The molecule has 2 heterocycles. The number of carbonyl (C=O) groups is 1. The first-order valence-corrected chi connectivity index (χ1v) is 5.51. The second kappa shape index (κ2) is 4.53. The molecule has 5 heteroatoms. The molecule has 0 saturated carbocycles. The predicted octanol–water partition coefficient (Wildman–Crippen LogP) is 2.21. The highest BCUT2D eigenvalue weighted by atomic mass is 19.1. The molecule has 0 aliphatic carbocycles. The lowest BCUT2D eigenvalue weighted by Crippen LogP contribution is -2.10. The van der Waals surface area contributed by atoms with Crippen LogP contribution in [0.2, 0.25) is 0 Å². The van der Waals surface area contributed by atoms with Gasteiger partial charge in [0.25, 0.3) is 0 Å². The van der Waals surface area contributed by atoms with Gasteiger partial charge in [-0.15, -0.1) is 0 Å². The highest BCUT2D eigenvalue weighted by molar-refractivity contribution is 5.90. The van der Waals surface area contributed by atoms with Gasteiger partial charge in [0.2, 0.25) is 0 Å². The topological polar surface area (TPSA) is 43.6 Å². The Bertz CT molecular complexity index is 563. The fourth-order valence-electron chi connectivity index (χ4n) is 1.74. The zero-order valence-electron chi connectivity index (χ0n) is 9.74. The maximum absolute atomic E-state index is 13.5. The van der Waals surface area contributed by atoms with Crippen molar-refractivity contribution < 1.29 is 13.9 Å². The minimum absolute atomic E-state index is 0.160. The van der Waals surface area contributed by atoms with Crippen molar-refractivity contribution in [1.29, 1.82) is 0 Å². The van der Waals surface area contributed by atoms with Crippen molar-refractivity contribution in [3.05, 3.63) is 35.5 Å². The molecule has 0 fully saturated rings. The Morgan fingerprint density at radius 3 is 2.94 bits per heavy atom. The summed E-state index contributed by atoms with van der Waals surface area (Å²) in [5, 5.41) is 0. The SMILES string of the molecule is CCOC(=O)c1c(CC)nc2c(F)cccn12. The number of fused-ring (bicyclic) bond motifs is 1. The van der Waals surface area contributed by atoms with Gasteiger partial charge in [-0.25, -0.2) is 14.2 Å². The molecular formula is C12H13FN2O2. The number of ether oxygens (including phenoxy) is 1. The first kappa shape index (κ1) is 11.6. The number of halogens is 1. The first-order valence-electron chi connectivity index (χ1n) is 5.51. The number of aryl methyl sites for hydroxylation is 1. The van der Waals surface area contributed by atoms with Crippen LogP contribution >= 0.6 is 0 Å². The summed E-state index contributed by atoms with van der Waals surface area (Å²) in [5.41, 5.74) is 1.02. The second-order valence-electron chi connectivity index (χ2n) is 3.53. The molecule has 0 radical (unpaired) electrons. The number of nitrogens with zero attached hydrogens (tertiary/aromatic N) is 2. The number of hydrogen-bond acceptors (Lipinski definition) is 3. The lowest BCUT2D eigenvalue weighted by Gasteiger charge is -2.03. The van der Waals surface area contributed by atoms with E-state index in [1.165, 1.54) is 16.5 Å². The lowest BCUT2D eigenvalue weighted by atomic mass is 10.2. The van der Waals surface area contributed by atoms with Crippen LogP contribution in [0.5, 0.6) is 0 Å². The third kappa shape index (κ3) is 1.88. The van der Waals surface area contributed by atoms with Crippen molar-refractivity contribution in [2.45, 2.75) is 20.3 Å². The van der Waals surface area contributed by atoms with Crippen molar-refractivity contribution in [3.63, 3.8) is 0 Å². The van der Waals surface area contributed by atoms with Crippen LogP contribution < -0.4 is 0 Å². The van der Waals surface area contributed by atoms with E-state index >= 15 is 0 Å². The van der Waals surface area contributed by atoms with Gasteiger partial charge < -0.3 is 4.74 Å². The minimum Gasteiger partial charge on any atom is -0.461 e. The molecule has 2 rings (SSSR count). The Balaban J connectivity index is 2.67. The van der Waals surface area contributed by atoms with Crippen molar-refractivity contribution in [3.8, 4) is 0 Å². The molecule has 90 valence electrons. The van der Waals surface area contributed by atoms with Gasteiger partial charge in [0.15, 0.2) is 17.2 Å². The summed E-state index contributed by atoms with van der Waals surface area (Å²) >= 11 is 0. The molecule has 0 aliphatic heterocycles. The van der Waals surface area contributed by atoms with Crippen LogP contribution in [0.25, 0.3) is 5.65 Å². The molecule has 0 aliphatic rings. The number of imidazole rings is 1. The molecule has 2 aromatic rings. The summed E-state index contributed by atoms with van der Waals surface area (Å²) in [6, 6.07) is 2.85. The van der Waals surface area contributed by atoms with Gasteiger partial charge in [-0.1, -0.05) is 6.92 Å². The number of aromatic nitrogens is 2.